The van der Waals surface area contributed by atoms with Gasteiger partial charge in [0.1, 0.15) is 35.9 Å². The van der Waals surface area contributed by atoms with E-state index in [1.54, 1.807) is 6.92 Å². The quantitative estimate of drug-likeness (QED) is 0.230. The molecule has 1 aromatic heterocycles. The van der Waals surface area contributed by atoms with Gasteiger partial charge < -0.3 is 43.0 Å². The molecule has 2 aliphatic carbocycles. The van der Waals surface area contributed by atoms with Gasteiger partial charge >= 0.3 is 41.8 Å². The summed E-state index contributed by atoms with van der Waals surface area (Å²) < 4.78 is 46.8. The molecule has 1 N–H and O–H groups in total. The van der Waals surface area contributed by atoms with Gasteiger partial charge in [-0.05, 0) is 32.4 Å². The van der Waals surface area contributed by atoms with Crippen LogP contribution in [0.1, 0.15) is 79.1 Å². The van der Waals surface area contributed by atoms with Crippen LogP contribution in [0.3, 0.4) is 0 Å². The molecule has 296 valence electrons. The van der Waals surface area contributed by atoms with Crippen molar-refractivity contribution in [2.45, 2.75) is 116 Å². The van der Waals surface area contributed by atoms with Crippen LogP contribution in [0, 0.1) is 17.3 Å². The van der Waals surface area contributed by atoms with Gasteiger partial charge in [-0.25, -0.2) is 4.79 Å². The number of aliphatic hydroxyl groups is 1. The molecule has 2 saturated carbocycles. The van der Waals surface area contributed by atoms with Crippen molar-refractivity contribution in [3.8, 4) is 0 Å². The SMILES string of the molecule is CC[C@@H](C)C(=O)O[C@H]1[C@H](OC(C)=O)[C@H](OC(C)=O)[C@@]2(COC(C)=O)[C@H](OC(C)=O)C(=O)[C@@H]3[C@@H](OC(C)=O)[C@]2(O[C@@]3(C)COC(=O)c2cccnc2)[C@@]1(C)O. The molecule has 54 heavy (non-hydrogen) atoms. The third-order valence-electron chi connectivity index (χ3n) is 10.2. The monoisotopic (exact) mass is 763 g/mol. The van der Waals surface area contributed by atoms with Crippen molar-refractivity contribution < 1.29 is 81.4 Å². The Balaban J connectivity index is 2.16. The Morgan fingerprint density at radius 2 is 1.41 bits per heavy atom. The molecule has 4 rings (SSSR count). The second kappa shape index (κ2) is 15.4. The van der Waals surface area contributed by atoms with Crippen molar-refractivity contribution in [1.82, 2.24) is 4.98 Å². The summed E-state index contributed by atoms with van der Waals surface area (Å²) in [5.74, 6) is -10.7. The zero-order chi connectivity index (χ0) is 40.6. The number of carbonyl (C=O) groups is 8. The number of Topliss-reactive ketones (excluding diaryl/α,β-unsaturated/α-hetero) is 1. The predicted molar refractivity (Wildman–Crippen MR) is 176 cm³/mol. The fourth-order valence-electron chi connectivity index (χ4n) is 7.97. The van der Waals surface area contributed by atoms with Gasteiger partial charge in [-0.15, -0.1) is 0 Å². The zero-order valence-electron chi connectivity index (χ0n) is 31.4. The summed E-state index contributed by atoms with van der Waals surface area (Å²) in [5.41, 5.74) is -10.3. The molecule has 1 aliphatic heterocycles. The van der Waals surface area contributed by atoms with Crippen LogP contribution < -0.4 is 0 Å². The van der Waals surface area contributed by atoms with Gasteiger partial charge in [0.2, 0.25) is 0 Å². The summed E-state index contributed by atoms with van der Waals surface area (Å²) in [5, 5.41) is 13.2. The minimum atomic E-state index is -2.81. The van der Waals surface area contributed by atoms with E-state index in [0.29, 0.717) is 0 Å². The molecule has 0 unspecified atom stereocenters. The maximum absolute atomic E-state index is 15.0. The lowest BCUT2D eigenvalue weighted by Gasteiger charge is -2.66. The molecule has 3 aliphatic rings. The first-order chi connectivity index (χ1) is 25.1. The third kappa shape index (κ3) is 7.03. The van der Waals surface area contributed by atoms with Crippen LogP contribution in [0.2, 0.25) is 0 Å². The van der Waals surface area contributed by atoms with Crippen LogP contribution in [-0.2, 0) is 71.5 Å². The number of pyridine rings is 1. The second-order valence-electron chi connectivity index (χ2n) is 14.1. The van der Waals surface area contributed by atoms with E-state index in [0.717, 1.165) is 41.5 Å². The zero-order valence-corrected chi connectivity index (χ0v) is 31.4. The first kappa shape index (κ1) is 41.8. The van der Waals surface area contributed by atoms with Crippen LogP contribution >= 0.6 is 0 Å². The molecule has 11 atom stereocenters. The summed E-state index contributed by atoms with van der Waals surface area (Å²) in [6.07, 6.45) is -7.48. The van der Waals surface area contributed by atoms with Crippen molar-refractivity contribution in [2.24, 2.45) is 17.3 Å². The molecule has 18 nitrogen and oxygen atoms in total. The summed E-state index contributed by atoms with van der Waals surface area (Å²) in [6, 6.07) is 2.87. The van der Waals surface area contributed by atoms with Gasteiger partial charge in [0.25, 0.3) is 0 Å². The average Bonchev–Trinajstić information content (AvgIpc) is 3.31. The molecule has 0 radical (unpaired) electrons. The molecular formula is C36H45NO17. The van der Waals surface area contributed by atoms with Gasteiger partial charge in [0.15, 0.2) is 35.8 Å². The highest BCUT2D eigenvalue weighted by Crippen LogP contribution is 2.68. The Morgan fingerprint density at radius 3 is 1.93 bits per heavy atom. The molecule has 3 fully saturated rings. The second-order valence-corrected chi connectivity index (χ2v) is 14.1. The fourth-order valence-corrected chi connectivity index (χ4v) is 7.97. The lowest BCUT2D eigenvalue weighted by Crippen LogP contribution is -2.88. The van der Waals surface area contributed by atoms with E-state index in [4.69, 9.17) is 37.9 Å². The summed E-state index contributed by atoms with van der Waals surface area (Å²) in [6.45, 7) is 8.49. The van der Waals surface area contributed by atoms with Crippen molar-refractivity contribution in [1.29, 1.82) is 0 Å². The van der Waals surface area contributed by atoms with Gasteiger partial charge in [-0.2, -0.15) is 0 Å². The molecule has 1 spiro atoms. The van der Waals surface area contributed by atoms with Crippen LogP contribution in [0.4, 0.5) is 0 Å². The molecule has 2 bridgehead atoms. The molecule has 1 saturated heterocycles. The van der Waals surface area contributed by atoms with Gasteiger partial charge in [0, 0.05) is 47.0 Å². The summed E-state index contributed by atoms with van der Waals surface area (Å²) >= 11 is 0. The van der Waals surface area contributed by atoms with Crippen LogP contribution in [0.15, 0.2) is 24.5 Å². The van der Waals surface area contributed by atoms with E-state index < -0.39 is 125 Å². The molecular weight excluding hydrogens is 718 g/mol. The lowest BCUT2D eigenvalue weighted by atomic mass is 9.45. The molecule has 0 aromatic carbocycles. The number of hydrogen-bond donors (Lipinski definition) is 1. The number of rotatable bonds is 12. The van der Waals surface area contributed by atoms with E-state index >= 15 is 4.79 Å². The number of ketones is 1. The first-order valence-electron chi connectivity index (χ1n) is 17.2. The molecule has 2 heterocycles. The summed E-state index contributed by atoms with van der Waals surface area (Å²) in [4.78, 5) is 110. The number of aromatic nitrogens is 1. The smallest absolute Gasteiger partial charge is 0.339 e. The third-order valence-corrected chi connectivity index (χ3v) is 10.2. The number of nitrogens with zero attached hydrogens (tertiary/aromatic N) is 1. The minimum absolute atomic E-state index is 0.00548. The number of fused-ring (bicyclic) bond motifs is 1. The van der Waals surface area contributed by atoms with Crippen molar-refractivity contribution in [2.75, 3.05) is 13.2 Å². The summed E-state index contributed by atoms with van der Waals surface area (Å²) in [7, 11) is 0. The van der Waals surface area contributed by atoms with Crippen LogP contribution in [0.25, 0.3) is 0 Å². The van der Waals surface area contributed by atoms with Gasteiger partial charge in [0.05, 0.1) is 17.4 Å². The molecule has 0 amide bonds. The highest BCUT2D eigenvalue weighted by atomic mass is 16.7. The van der Waals surface area contributed by atoms with E-state index in [1.165, 1.54) is 38.4 Å². The number of esters is 7. The van der Waals surface area contributed by atoms with E-state index in [2.05, 4.69) is 4.98 Å². The topological polar surface area (TPSA) is 244 Å². The van der Waals surface area contributed by atoms with Gasteiger partial charge in [-0.1, -0.05) is 13.8 Å². The average molecular weight is 764 g/mol. The van der Waals surface area contributed by atoms with Crippen LogP contribution in [-0.4, -0.2) is 118 Å². The van der Waals surface area contributed by atoms with E-state index in [-0.39, 0.29) is 12.0 Å². The fraction of sp³-hybridized carbons (Fsp3) is 0.639. The van der Waals surface area contributed by atoms with Crippen molar-refractivity contribution >= 4 is 47.6 Å². The van der Waals surface area contributed by atoms with E-state index in [9.17, 15) is 38.7 Å². The Bertz CT molecular complexity index is 1690. The Kier molecular flexibility index (Phi) is 11.9. The standard InChI is InChI=1S/C36H45NO17/c1-10-17(2)31(44)53-29-26(49-19(4)39)30(52-22(7)42)35(16-47-18(3)38)28(51-21(6)41)25(43)24-27(50-20(5)40)36(35,34(29,9)46)54-33(24,8)15-48-32(45)23-12-11-13-37-14-23/h11-14,17,24,26-30,46H,10,15-16H2,1-9H3/t17-,24-,26+,27-,28-,29+,30+,33+,34+,35-,36+/m1/s1. The molecule has 1 aromatic rings. The number of ether oxygens (including phenoxy) is 8. The van der Waals surface area contributed by atoms with Gasteiger partial charge in [-0.3, -0.25) is 38.5 Å². The Morgan fingerprint density at radius 1 is 0.815 bits per heavy atom. The largest absolute Gasteiger partial charge is 0.465 e. The number of carbonyl (C=O) groups excluding carboxylic acids is 8. The highest BCUT2D eigenvalue weighted by Gasteiger charge is 2.91. The molecule has 18 heteroatoms. The normalized spacial score (nSPS) is 34.3. The Labute approximate surface area is 310 Å². The maximum Gasteiger partial charge on any atom is 0.339 e. The minimum Gasteiger partial charge on any atom is -0.465 e. The lowest BCUT2D eigenvalue weighted by molar-refractivity contribution is -0.376. The maximum atomic E-state index is 15.0. The predicted octanol–water partition coefficient (Wildman–Crippen LogP) is 0.964. The number of hydrogen-bond acceptors (Lipinski definition) is 18. The first-order valence-corrected chi connectivity index (χ1v) is 17.2. The highest BCUT2D eigenvalue weighted by molar-refractivity contribution is 5.94. The van der Waals surface area contributed by atoms with E-state index in [1.807, 2.05) is 0 Å². The van der Waals surface area contributed by atoms with Crippen molar-refractivity contribution in [3.63, 3.8) is 0 Å². The van der Waals surface area contributed by atoms with Crippen molar-refractivity contribution in [3.05, 3.63) is 30.1 Å². The Hall–Kier alpha value is -4.97. The van der Waals surface area contributed by atoms with Crippen LogP contribution in [0.5, 0.6) is 0 Å².